The second-order valence-corrected chi connectivity index (χ2v) is 4.01. The fourth-order valence-electron chi connectivity index (χ4n) is 1.15. The molecular formula is C13H20O6. The van der Waals surface area contributed by atoms with Gasteiger partial charge < -0.3 is 30.3 Å². The van der Waals surface area contributed by atoms with Gasteiger partial charge in [-0.1, -0.05) is 35.9 Å². The quantitative estimate of drug-likeness (QED) is 0.421. The molecule has 108 valence electrons. The summed E-state index contributed by atoms with van der Waals surface area (Å²) in [6.07, 6.45) is -6.84. The van der Waals surface area contributed by atoms with Crippen LogP contribution < -0.4 is 0 Å². The highest BCUT2D eigenvalue weighted by molar-refractivity contribution is 5.56. The lowest BCUT2D eigenvalue weighted by Crippen LogP contribution is -2.46. The minimum absolute atomic E-state index is 0.0258. The molecule has 1 aromatic carbocycles. The highest BCUT2D eigenvalue weighted by Crippen LogP contribution is 2.02. The van der Waals surface area contributed by atoms with Crippen LogP contribution in [0.4, 0.5) is 0 Å². The van der Waals surface area contributed by atoms with Crippen LogP contribution in [-0.2, 0) is 4.79 Å². The molecule has 1 rings (SSSR count). The molecule has 1 aromatic rings. The number of carbonyl (C=O) groups excluding carboxylic acids is 1. The zero-order valence-corrected chi connectivity index (χ0v) is 10.6. The topological polar surface area (TPSA) is 118 Å². The fourth-order valence-corrected chi connectivity index (χ4v) is 1.15. The molecule has 0 saturated heterocycles. The van der Waals surface area contributed by atoms with E-state index in [2.05, 4.69) is 19.1 Å². The molecule has 0 unspecified atom stereocenters. The third kappa shape index (κ3) is 7.00. The second-order valence-electron chi connectivity index (χ2n) is 4.01. The molecule has 0 amide bonds. The van der Waals surface area contributed by atoms with Crippen molar-refractivity contribution >= 4 is 6.29 Å². The Morgan fingerprint density at radius 3 is 1.89 bits per heavy atom. The number of aliphatic hydroxyl groups excluding tert-OH is 5. The highest BCUT2D eigenvalue weighted by atomic mass is 16.4. The van der Waals surface area contributed by atoms with Gasteiger partial charge in [-0.15, -0.1) is 0 Å². The minimum atomic E-state index is -1.79. The first-order valence-corrected chi connectivity index (χ1v) is 5.74. The first-order chi connectivity index (χ1) is 8.93. The van der Waals surface area contributed by atoms with Crippen molar-refractivity contribution in [1.82, 2.24) is 0 Å². The number of aryl methyl sites for hydroxylation is 1. The Bertz CT molecular complexity index is 342. The number of hydrogen-bond acceptors (Lipinski definition) is 6. The van der Waals surface area contributed by atoms with Gasteiger partial charge in [0.2, 0.25) is 0 Å². The monoisotopic (exact) mass is 272 g/mol. The number of rotatable bonds is 5. The Kier molecular flexibility index (Phi) is 8.94. The predicted octanol–water partition coefficient (Wildman–Crippen LogP) is -1.38. The van der Waals surface area contributed by atoms with Crippen molar-refractivity contribution in [2.45, 2.75) is 31.3 Å². The van der Waals surface area contributed by atoms with E-state index in [1.54, 1.807) is 0 Å². The maximum absolute atomic E-state index is 9.90. The molecule has 0 aliphatic carbocycles. The van der Waals surface area contributed by atoms with Crippen molar-refractivity contribution in [2.75, 3.05) is 6.61 Å². The van der Waals surface area contributed by atoms with Crippen molar-refractivity contribution in [3.63, 3.8) is 0 Å². The lowest BCUT2D eigenvalue weighted by Gasteiger charge is -2.22. The van der Waals surface area contributed by atoms with Gasteiger partial charge in [0.25, 0.3) is 0 Å². The lowest BCUT2D eigenvalue weighted by molar-refractivity contribution is -0.136. The van der Waals surface area contributed by atoms with Crippen LogP contribution >= 0.6 is 0 Å². The average molecular weight is 272 g/mol. The highest BCUT2D eigenvalue weighted by Gasteiger charge is 2.29. The van der Waals surface area contributed by atoms with Crippen LogP contribution in [0.1, 0.15) is 5.56 Å². The van der Waals surface area contributed by atoms with Crippen molar-refractivity contribution in [2.24, 2.45) is 0 Å². The van der Waals surface area contributed by atoms with Crippen LogP contribution in [-0.4, -0.2) is 62.8 Å². The summed E-state index contributed by atoms with van der Waals surface area (Å²) in [7, 11) is 0. The summed E-state index contributed by atoms with van der Waals surface area (Å²) < 4.78 is 0. The molecule has 0 radical (unpaired) electrons. The van der Waals surface area contributed by atoms with Gasteiger partial charge in [0, 0.05) is 0 Å². The Hall–Kier alpha value is -1.31. The normalized spacial score (nSPS) is 16.5. The van der Waals surface area contributed by atoms with Crippen molar-refractivity contribution < 1.29 is 30.3 Å². The molecule has 0 saturated carbocycles. The largest absolute Gasteiger partial charge is 0.394 e. The van der Waals surface area contributed by atoms with Gasteiger partial charge in [0.05, 0.1) is 6.61 Å². The first-order valence-electron chi connectivity index (χ1n) is 5.74. The van der Waals surface area contributed by atoms with Crippen LogP contribution in [0.3, 0.4) is 0 Å². The van der Waals surface area contributed by atoms with Gasteiger partial charge in [0.1, 0.15) is 24.4 Å². The third-order valence-electron chi connectivity index (χ3n) is 2.36. The van der Waals surface area contributed by atoms with Gasteiger partial charge in [-0.25, -0.2) is 0 Å². The SMILES string of the molecule is Cc1ccccc1.O=C[C@H](O)[C@@H](O)[C@H](O)[C@H](O)CO. The molecule has 5 N–H and O–H groups in total. The molecule has 6 nitrogen and oxygen atoms in total. The zero-order valence-electron chi connectivity index (χ0n) is 10.6. The Morgan fingerprint density at radius 2 is 1.58 bits per heavy atom. The van der Waals surface area contributed by atoms with E-state index in [1.807, 2.05) is 18.2 Å². The van der Waals surface area contributed by atoms with Crippen LogP contribution in [0.5, 0.6) is 0 Å². The van der Waals surface area contributed by atoms with Crippen LogP contribution in [0.2, 0.25) is 0 Å². The Morgan fingerprint density at radius 1 is 1.05 bits per heavy atom. The predicted molar refractivity (Wildman–Crippen MR) is 68.4 cm³/mol. The molecule has 6 heteroatoms. The number of aldehydes is 1. The summed E-state index contributed by atoms with van der Waals surface area (Å²) in [5, 5.41) is 43.5. The minimum Gasteiger partial charge on any atom is -0.394 e. The van der Waals surface area contributed by atoms with E-state index >= 15 is 0 Å². The van der Waals surface area contributed by atoms with Crippen LogP contribution in [0.15, 0.2) is 30.3 Å². The number of benzene rings is 1. The van der Waals surface area contributed by atoms with Gasteiger partial charge in [-0.2, -0.15) is 0 Å². The van der Waals surface area contributed by atoms with E-state index in [9.17, 15) is 4.79 Å². The van der Waals surface area contributed by atoms with Crippen molar-refractivity contribution in [1.29, 1.82) is 0 Å². The fraction of sp³-hybridized carbons (Fsp3) is 0.462. The summed E-state index contributed by atoms with van der Waals surface area (Å²) in [6, 6.07) is 10.3. The maximum Gasteiger partial charge on any atom is 0.151 e. The van der Waals surface area contributed by atoms with Gasteiger partial charge in [-0.05, 0) is 6.92 Å². The maximum atomic E-state index is 9.90. The summed E-state index contributed by atoms with van der Waals surface area (Å²) in [6.45, 7) is 1.32. The van der Waals surface area contributed by atoms with Gasteiger partial charge in [-0.3, -0.25) is 0 Å². The van der Waals surface area contributed by atoms with E-state index in [-0.39, 0.29) is 6.29 Å². The average Bonchev–Trinajstić information content (AvgIpc) is 2.45. The molecule has 0 heterocycles. The number of carbonyl (C=O) groups is 1. The molecule has 4 atom stereocenters. The van der Waals surface area contributed by atoms with E-state index in [0.29, 0.717) is 0 Å². The second kappa shape index (κ2) is 9.60. The van der Waals surface area contributed by atoms with Crippen molar-refractivity contribution in [3.8, 4) is 0 Å². The molecule has 0 aromatic heterocycles. The van der Waals surface area contributed by atoms with Gasteiger partial charge in [0.15, 0.2) is 6.29 Å². The Balaban J connectivity index is 0.000000388. The van der Waals surface area contributed by atoms with E-state index in [1.165, 1.54) is 5.56 Å². The van der Waals surface area contributed by atoms with E-state index in [0.717, 1.165) is 0 Å². The molecular weight excluding hydrogens is 252 g/mol. The smallest absolute Gasteiger partial charge is 0.151 e. The molecule has 19 heavy (non-hydrogen) atoms. The summed E-state index contributed by atoms with van der Waals surface area (Å²) in [4.78, 5) is 9.90. The molecule has 0 aliphatic rings. The summed E-state index contributed by atoms with van der Waals surface area (Å²) in [5.41, 5.74) is 1.32. The Labute approximate surface area is 111 Å². The van der Waals surface area contributed by atoms with E-state index in [4.69, 9.17) is 25.5 Å². The molecule has 0 aliphatic heterocycles. The third-order valence-corrected chi connectivity index (χ3v) is 2.36. The molecule has 0 fully saturated rings. The zero-order chi connectivity index (χ0) is 14.8. The number of aliphatic hydroxyl groups is 5. The summed E-state index contributed by atoms with van der Waals surface area (Å²) >= 11 is 0. The lowest BCUT2D eigenvalue weighted by atomic mass is 10.0. The van der Waals surface area contributed by atoms with Gasteiger partial charge >= 0.3 is 0 Å². The van der Waals surface area contributed by atoms with E-state index < -0.39 is 31.0 Å². The van der Waals surface area contributed by atoms with Crippen LogP contribution in [0.25, 0.3) is 0 Å². The molecule has 0 spiro atoms. The first kappa shape index (κ1) is 17.7. The molecule has 0 bridgehead atoms. The summed E-state index contributed by atoms with van der Waals surface area (Å²) in [5.74, 6) is 0. The van der Waals surface area contributed by atoms with Crippen molar-refractivity contribution in [3.05, 3.63) is 35.9 Å². The number of hydrogen-bond donors (Lipinski definition) is 5. The van der Waals surface area contributed by atoms with Crippen LogP contribution in [0, 0.1) is 6.92 Å². The standard InChI is InChI=1S/C7H8.C6H12O6/c1-7-5-3-2-4-6-7;7-1-3(9)5(11)6(12)4(10)2-8/h2-6H,1H3;1,3-6,8-12H,2H2/t;3-,4+,5+,6+/m.0/s1.